The number of carbonyl (C=O) groups excluding carboxylic acids is 3. The molecule has 37 heavy (non-hydrogen) atoms. The predicted molar refractivity (Wildman–Crippen MR) is 144 cm³/mol. The number of methoxy groups -OCH3 is 1. The van der Waals surface area contributed by atoms with Crippen LogP contribution >= 0.6 is 11.8 Å². The minimum Gasteiger partial charge on any atom is -0.495 e. The molecule has 3 amide bonds. The van der Waals surface area contributed by atoms with Crippen LogP contribution in [-0.2, 0) is 14.4 Å². The molecule has 1 N–H and O–H groups in total. The third-order valence-electron chi connectivity index (χ3n) is 8.06. The summed E-state index contributed by atoms with van der Waals surface area (Å²) >= 11 is 1.59. The van der Waals surface area contributed by atoms with Gasteiger partial charge in [-0.1, -0.05) is 60.7 Å². The number of benzene rings is 3. The summed E-state index contributed by atoms with van der Waals surface area (Å²) in [6.07, 6.45) is 2.34. The fraction of sp³-hybridized carbons (Fsp3) is 0.300. The third-order valence-corrected chi connectivity index (χ3v) is 8.70. The zero-order chi connectivity index (χ0) is 25.7. The molecular formula is C30H28N2O4S. The SMILES string of the molecule is COc1ccccc1NC(=O)[C@H](CCSC)N1C(=O)[C@@H]2C3c4ccccc4C(c4ccccc43)[C@H]2C1=O. The second kappa shape index (κ2) is 9.38. The van der Waals surface area contributed by atoms with Crippen molar-refractivity contribution >= 4 is 35.2 Å². The van der Waals surface area contributed by atoms with E-state index in [4.69, 9.17) is 4.74 Å². The zero-order valence-corrected chi connectivity index (χ0v) is 21.5. The van der Waals surface area contributed by atoms with Crippen LogP contribution in [0.25, 0.3) is 0 Å². The van der Waals surface area contributed by atoms with Gasteiger partial charge in [0.25, 0.3) is 0 Å². The Bertz CT molecular complexity index is 1290. The topological polar surface area (TPSA) is 75.7 Å². The third kappa shape index (κ3) is 3.59. The number of anilines is 1. The Hall–Kier alpha value is -3.58. The van der Waals surface area contributed by atoms with Crippen molar-refractivity contribution in [3.8, 4) is 5.75 Å². The first-order valence-corrected chi connectivity index (χ1v) is 13.9. The van der Waals surface area contributed by atoms with Gasteiger partial charge in [-0.2, -0.15) is 11.8 Å². The van der Waals surface area contributed by atoms with Crippen LogP contribution in [0.4, 0.5) is 5.69 Å². The van der Waals surface area contributed by atoms with Gasteiger partial charge in [-0.25, -0.2) is 0 Å². The van der Waals surface area contributed by atoms with Gasteiger partial charge in [-0.3, -0.25) is 19.3 Å². The quantitative estimate of drug-likeness (QED) is 0.467. The molecule has 4 aliphatic rings. The lowest BCUT2D eigenvalue weighted by atomic mass is 9.55. The number of carbonyl (C=O) groups is 3. The highest BCUT2D eigenvalue weighted by molar-refractivity contribution is 7.98. The number of thioether (sulfide) groups is 1. The van der Waals surface area contributed by atoms with Gasteiger partial charge in [0, 0.05) is 11.8 Å². The number of ether oxygens (including phenoxy) is 1. The molecule has 0 radical (unpaired) electrons. The molecule has 1 saturated heterocycles. The van der Waals surface area contributed by atoms with E-state index in [2.05, 4.69) is 29.6 Å². The van der Waals surface area contributed by atoms with Crippen molar-refractivity contribution in [1.82, 2.24) is 4.90 Å². The van der Waals surface area contributed by atoms with Crippen LogP contribution in [0.1, 0.15) is 40.5 Å². The van der Waals surface area contributed by atoms with E-state index in [1.165, 1.54) is 4.90 Å². The van der Waals surface area contributed by atoms with E-state index in [9.17, 15) is 14.4 Å². The van der Waals surface area contributed by atoms with Crippen LogP contribution in [-0.4, -0.2) is 47.8 Å². The van der Waals surface area contributed by atoms with Gasteiger partial charge in [-0.05, 0) is 52.8 Å². The maximum atomic E-state index is 14.1. The number of rotatable bonds is 7. The molecule has 1 aliphatic heterocycles. The van der Waals surface area contributed by atoms with E-state index >= 15 is 0 Å². The summed E-state index contributed by atoms with van der Waals surface area (Å²) in [5.41, 5.74) is 4.99. The minimum absolute atomic E-state index is 0.192. The highest BCUT2D eigenvalue weighted by atomic mass is 32.2. The Morgan fingerprint density at radius 2 is 1.35 bits per heavy atom. The number of hydrogen-bond acceptors (Lipinski definition) is 5. The minimum atomic E-state index is -0.895. The van der Waals surface area contributed by atoms with Gasteiger partial charge in [0.05, 0.1) is 24.6 Å². The molecule has 7 heteroatoms. The standard InChI is InChI=1S/C30H28N2O4S/c1-36-23-14-8-7-13-21(23)31-28(33)22(15-16-37-2)32-29(34)26-24-17-9-3-4-10-18(17)25(27(26)30(32)35)20-12-6-5-11-19(20)24/h3-14,22,24-27H,15-16H2,1-2H3,(H,31,33)/t22-,24?,25?,26+,27+/m0/s1. The summed E-state index contributed by atoms with van der Waals surface area (Å²) < 4.78 is 5.39. The molecule has 3 aromatic rings. The first-order chi connectivity index (χ1) is 18.1. The zero-order valence-electron chi connectivity index (χ0n) is 20.7. The van der Waals surface area contributed by atoms with Gasteiger partial charge in [0.2, 0.25) is 17.7 Å². The molecule has 188 valence electrons. The summed E-state index contributed by atoms with van der Waals surface area (Å²) in [5, 5.41) is 2.92. The normalized spacial score (nSPS) is 23.8. The van der Waals surface area contributed by atoms with Crippen molar-refractivity contribution < 1.29 is 19.1 Å². The predicted octanol–water partition coefficient (Wildman–Crippen LogP) is 4.65. The summed E-state index contributed by atoms with van der Waals surface area (Å²) in [7, 11) is 1.54. The highest BCUT2D eigenvalue weighted by Crippen LogP contribution is 2.61. The average Bonchev–Trinajstić information content (AvgIpc) is 3.19. The second-order valence-electron chi connectivity index (χ2n) is 9.80. The van der Waals surface area contributed by atoms with Gasteiger partial charge >= 0.3 is 0 Å². The lowest BCUT2D eigenvalue weighted by molar-refractivity contribution is -0.146. The Balaban J connectivity index is 1.40. The Morgan fingerprint density at radius 1 is 0.865 bits per heavy atom. The molecule has 0 saturated carbocycles. The smallest absolute Gasteiger partial charge is 0.247 e. The van der Waals surface area contributed by atoms with Crippen LogP contribution in [0.15, 0.2) is 72.8 Å². The van der Waals surface area contributed by atoms with Crippen LogP contribution in [0.2, 0.25) is 0 Å². The monoisotopic (exact) mass is 512 g/mol. The van der Waals surface area contributed by atoms with E-state index < -0.39 is 17.9 Å². The first-order valence-electron chi connectivity index (χ1n) is 12.5. The van der Waals surface area contributed by atoms with E-state index in [0.717, 1.165) is 22.3 Å². The summed E-state index contributed by atoms with van der Waals surface area (Å²) in [5.74, 6) is -1.08. The highest BCUT2D eigenvalue weighted by Gasteiger charge is 2.62. The Labute approximate surface area is 220 Å². The van der Waals surface area contributed by atoms with Crippen LogP contribution in [0.3, 0.4) is 0 Å². The molecule has 1 heterocycles. The molecule has 0 spiro atoms. The molecule has 6 nitrogen and oxygen atoms in total. The number of imide groups is 1. The molecule has 0 unspecified atom stereocenters. The van der Waals surface area contributed by atoms with Crippen molar-refractivity contribution in [2.45, 2.75) is 24.3 Å². The number of hydrogen-bond donors (Lipinski definition) is 1. The number of nitrogens with one attached hydrogen (secondary N) is 1. The number of para-hydroxylation sites is 2. The molecule has 3 aliphatic carbocycles. The summed E-state index contributed by atoms with van der Waals surface area (Å²) in [6.45, 7) is 0. The lowest BCUT2D eigenvalue weighted by Crippen LogP contribution is -2.48. The van der Waals surface area contributed by atoms with Crippen LogP contribution in [0, 0.1) is 11.8 Å². The van der Waals surface area contributed by atoms with Crippen molar-refractivity contribution in [1.29, 1.82) is 0 Å². The number of likely N-dealkylation sites (tertiary alicyclic amines) is 1. The molecule has 2 bridgehead atoms. The first kappa shape index (κ1) is 23.8. The fourth-order valence-corrected chi connectivity index (χ4v) is 7.04. The summed E-state index contributed by atoms with van der Waals surface area (Å²) in [4.78, 5) is 43.2. The summed E-state index contributed by atoms with van der Waals surface area (Å²) in [6, 6.07) is 22.6. The molecule has 0 aromatic heterocycles. The van der Waals surface area contributed by atoms with E-state index in [1.54, 1.807) is 31.0 Å². The number of nitrogens with zero attached hydrogens (tertiary/aromatic N) is 1. The maximum absolute atomic E-state index is 14.1. The van der Waals surface area contributed by atoms with Gasteiger partial charge in [-0.15, -0.1) is 0 Å². The average molecular weight is 513 g/mol. The van der Waals surface area contributed by atoms with Crippen molar-refractivity contribution in [3.63, 3.8) is 0 Å². The van der Waals surface area contributed by atoms with E-state index in [-0.39, 0.29) is 29.6 Å². The molecule has 3 aromatic carbocycles. The van der Waals surface area contributed by atoms with Gasteiger partial charge in [0.15, 0.2) is 0 Å². The van der Waals surface area contributed by atoms with Gasteiger partial charge < -0.3 is 10.1 Å². The largest absolute Gasteiger partial charge is 0.495 e. The van der Waals surface area contributed by atoms with Crippen molar-refractivity contribution in [3.05, 3.63) is 95.1 Å². The number of amides is 3. The van der Waals surface area contributed by atoms with Crippen LogP contribution in [0.5, 0.6) is 5.75 Å². The van der Waals surface area contributed by atoms with E-state index in [1.807, 2.05) is 42.7 Å². The fourth-order valence-electron chi connectivity index (χ4n) is 6.58. The Kier molecular flexibility index (Phi) is 6.03. The maximum Gasteiger partial charge on any atom is 0.247 e. The molecular weight excluding hydrogens is 484 g/mol. The Morgan fingerprint density at radius 3 is 1.84 bits per heavy atom. The second-order valence-corrected chi connectivity index (χ2v) is 10.8. The van der Waals surface area contributed by atoms with Crippen molar-refractivity contribution in [2.24, 2.45) is 11.8 Å². The molecule has 7 rings (SSSR count). The molecule has 3 atom stereocenters. The van der Waals surface area contributed by atoms with E-state index in [0.29, 0.717) is 23.6 Å². The van der Waals surface area contributed by atoms with Gasteiger partial charge in [0.1, 0.15) is 11.8 Å². The lowest BCUT2D eigenvalue weighted by Gasteiger charge is -2.45. The van der Waals surface area contributed by atoms with Crippen LogP contribution < -0.4 is 10.1 Å². The van der Waals surface area contributed by atoms with Crippen molar-refractivity contribution in [2.75, 3.05) is 24.4 Å². The molecule has 1 fully saturated rings.